The Kier molecular flexibility index (Phi) is 17.6. The number of allylic oxidation sites excluding steroid dienone is 2. The zero-order valence-corrected chi connectivity index (χ0v) is 30.1. The molecule has 14 heteroatoms. The van der Waals surface area contributed by atoms with E-state index in [0.717, 1.165) is 17.7 Å². The van der Waals surface area contributed by atoms with Crippen molar-refractivity contribution in [2.75, 3.05) is 72.7 Å². The van der Waals surface area contributed by atoms with E-state index in [-0.39, 0.29) is 94.3 Å². The van der Waals surface area contributed by atoms with Crippen molar-refractivity contribution in [2.24, 2.45) is 0 Å². The molecular weight excluding hydrogens is 681 g/mol. The van der Waals surface area contributed by atoms with E-state index < -0.39 is 29.7 Å². The number of phenolic OH excluding ortho intramolecular Hbond substituents is 1. The normalized spacial score (nSPS) is 14.5. The lowest BCUT2D eigenvalue weighted by atomic mass is 9.86. The quantitative estimate of drug-likeness (QED) is 0.153. The summed E-state index contributed by atoms with van der Waals surface area (Å²) in [4.78, 5) is 33.9. The van der Waals surface area contributed by atoms with Gasteiger partial charge < -0.3 is 35.0 Å². The van der Waals surface area contributed by atoms with Crippen molar-refractivity contribution in [1.29, 1.82) is 0 Å². The van der Waals surface area contributed by atoms with Crippen molar-refractivity contribution in [3.8, 4) is 11.5 Å². The van der Waals surface area contributed by atoms with Gasteiger partial charge in [0.2, 0.25) is 5.91 Å². The van der Waals surface area contributed by atoms with Crippen LogP contribution in [0.25, 0.3) is 5.70 Å². The molecule has 11 nitrogen and oxygen atoms in total. The van der Waals surface area contributed by atoms with Gasteiger partial charge in [0.25, 0.3) is 0 Å². The SMILES string of the molecule is C=C/C=C(\C)C(C(C)c1ccc(O)cc1)N(C(=C)c1ccc(C(F)(F)F)cc1OC)C(=O)N1CCN(C(=O)CN(CCO)CCO)CC1.C=CCO. The van der Waals surface area contributed by atoms with Crippen molar-refractivity contribution in [3.05, 3.63) is 103 Å². The van der Waals surface area contributed by atoms with Gasteiger partial charge in [-0.1, -0.05) is 50.4 Å². The maximum absolute atomic E-state index is 14.6. The number of phenols is 1. The van der Waals surface area contributed by atoms with Gasteiger partial charge in [-0.25, -0.2) is 4.79 Å². The second-order valence-electron chi connectivity index (χ2n) is 12.0. The largest absolute Gasteiger partial charge is 0.508 e. The number of rotatable bonds is 15. The number of aromatic hydroxyl groups is 1. The Morgan fingerprint density at radius 2 is 1.54 bits per heavy atom. The molecule has 0 radical (unpaired) electrons. The Labute approximate surface area is 303 Å². The van der Waals surface area contributed by atoms with Crippen molar-refractivity contribution in [1.82, 2.24) is 19.6 Å². The molecule has 4 N–H and O–H groups in total. The van der Waals surface area contributed by atoms with E-state index in [1.165, 1.54) is 36.3 Å². The monoisotopic (exact) mass is 732 g/mol. The summed E-state index contributed by atoms with van der Waals surface area (Å²) in [6, 6.07) is 8.39. The number of halogens is 3. The minimum Gasteiger partial charge on any atom is -0.508 e. The minimum absolute atomic E-state index is 0.00345. The Hall–Kier alpha value is -4.63. The smallest absolute Gasteiger partial charge is 0.416 e. The molecule has 3 amide bonds. The number of urea groups is 1. The van der Waals surface area contributed by atoms with Gasteiger partial charge >= 0.3 is 12.2 Å². The third-order valence-corrected chi connectivity index (χ3v) is 8.58. The van der Waals surface area contributed by atoms with Crippen LogP contribution in [0.2, 0.25) is 0 Å². The molecule has 2 unspecified atom stereocenters. The molecule has 3 rings (SSSR count). The van der Waals surface area contributed by atoms with E-state index in [0.29, 0.717) is 5.57 Å². The Morgan fingerprint density at radius 3 is 2.02 bits per heavy atom. The molecule has 1 fully saturated rings. The fourth-order valence-corrected chi connectivity index (χ4v) is 5.85. The van der Waals surface area contributed by atoms with Gasteiger partial charge in [-0.05, 0) is 48.4 Å². The first-order chi connectivity index (χ1) is 24.7. The molecule has 0 aliphatic carbocycles. The number of methoxy groups -OCH3 is 1. The summed E-state index contributed by atoms with van der Waals surface area (Å²) < 4.78 is 46.2. The average Bonchev–Trinajstić information content (AvgIpc) is 3.13. The molecular formula is C38H51F3N4O7. The van der Waals surface area contributed by atoms with E-state index in [1.807, 2.05) is 13.8 Å². The highest BCUT2D eigenvalue weighted by molar-refractivity contribution is 5.88. The van der Waals surface area contributed by atoms with E-state index in [2.05, 4.69) is 19.7 Å². The molecule has 1 heterocycles. The molecule has 0 bridgehead atoms. The predicted molar refractivity (Wildman–Crippen MR) is 195 cm³/mol. The highest BCUT2D eigenvalue weighted by Crippen LogP contribution is 2.40. The van der Waals surface area contributed by atoms with Crippen LogP contribution in [-0.4, -0.2) is 131 Å². The van der Waals surface area contributed by atoms with Crippen LogP contribution in [0.4, 0.5) is 18.0 Å². The topological polar surface area (TPSA) is 137 Å². The lowest BCUT2D eigenvalue weighted by Gasteiger charge is -2.43. The van der Waals surface area contributed by atoms with E-state index in [4.69, 9.17) is 9.84 Å². The maximum atomic E-state index is 14.6. The number of alkyl halides is 3. The van der Waals surface area contributed by atoms with Crippen LogP contribution in [0.15, 0.2) is 86.0 Å². The van der Waals surface area contributed by atoms with Gasteiger partial charge in [0.1, 0.15) is 11.5 Å². The number of ether oxygens (including phenoxy) is 1. The van der Waals surface area contributed by atoms with Crippen LogP contribution in [0, 0.1) is 0 Å². The van der Waals surface area contributed by atoms with Crippen LogP contribution in [-0.2, 0) is 11.0 Å². The summed E-state index contributed by atoms with van der Waals surface area (Å²) in [5, 5.41) is 36.3. The fourth-order valence-electron chi connectivity index (χ4n) is 5.85. The van der Waals surface area contributed by atoms with Crippen molar-refractivity contribution < 1.29 is 47.9 Å². The number of amides is 3. The predicted octanol–water partition coefficient (Wildman–Crippen LogP) is 4.71. The van der Waals surface area contributed by atoms with Crippen molar-refractivity contribution in [3.63, 3.8) is 0 Å². The number of carbonyl (C=O) groups excluding carboxylic acids is 2. The molecule has 2 aromatic carbocycles. The van der Waals surface area contributed by atoms with Gasteiger partial charge in [-0.3, -0.25) is 14.6 Å². The highest BCUT2D eigenvalue weighted by Gasteiger charge is 2.38. The molecule has 2 atom stereocenters. The molecule has 0 spiro atoms. The molecule has 286 valence electrons. The van der Waals surface area contributed by atoms with Gasteiger partial charge in [0.05, 0.1) is 45.1 Å². The molecule has 1 aliphatic heterocycles. The number of carbonyl (C=O) groups is 2. The van der Waals surface area contributed by atoms with Crippen LogP contribution >= 0.6 is 0 Å². The third kappa shape index (κ3) is 12.0. The van der Waals surface area contributed by atoms with E-state index in [1.54, 1.807) is 39.0 Å². The van der Waals surface area contributed by atoms with Crippen LogP contribution in [0.5, 0.6) is 11.5 Å². The third-order valence-electron chi connectivity index (χ3n) is 8.58. The average molecular weight is 733 g/mol. The molecule has 52 heavy (non-hydrogen) atoms. The van der Waals surface area contributed by atoms with Gasteiger partial charge in [0, 0.05) is 56.4 Å². The highest BCUT2D eigenvalue weighted by atomic mass is 19.4. The maximum Gasteiger partial charge on any atom is 0.416 e. The molecule has 1 saturated heterocycles. The summed E-state index contributed by atoms with van der Waals surface area (Å²) in [6.45, 7) is 16.0. The molecule has 0 aromatic heterocycles. The standard InChI is InChI=1S/C35H45F3N4O6.C3H6O/c1-6-7-24(2)33(25(3)27-8-11-29(45)12-9-27)42(26(4)30-13-10-28(35(36,37)38)22-31(30)48-5)34(47)41-16-14-40(15-17-41)32(46)23-39(18-20-43)19-21-44;1-2-3-4/h6-13,22,25,33,43-45H,1,4,14-21,23H2,2-3,5H3;2,4H,1,3H2/b24-7+;. The lowest BCUT2D eigenvalue weighted by molar-refractivity contribution is -0.137. The number of hydrogen-bond acceptors (Lipinski definition) is 8. The summed E-state index contributed by atoms with van der Waals surface area (Å²) >= 11 is 0. The van der Waals surface area contributed by atoms with Crippen molar-refractivity contribution >= 4 is 17.6 Å². The van der Waals surface area contributed by atoms with Crippen LogP contribution in [0.1, 0.15) is 36.5 Å². The number of aliphatic hydroxyl groups excluding tert-OH is 3. The molecule has 2 aromatic rings. The summed E-state index contributed by atoms with van der Waals surface area (Å²) in [5.74, 6) is -0.645. The first-order valence-electron chi connectivity index (χ1n) is 16.7. The Balaban J connectivity index is 0.00000222. The fraction of sp³-hybridized carbons (Fsp3) is 0.421. The summed E-state index contributed by atoms with van der Waals surface area (Å²) in [7, 11) is 1.25. The molecule has 0 saturated carbocycles. The van der Waals surface area contributed by atoms with Crippen molar-refractivity contribution in [2.45, 2.75) is 32.0 Å². The second kappa shape index (κ2) is 21.0. The Bertz CT molecular complexity index is 1520. The van der Waals surface area contributed by atoms with Crippen LogP contribution < -0.4 is 4.74 Å². The number of piperazine rings is 1. The van der Waals surface area contributed by atoms with E-state index in [9.17, 15) is 38.1 Å². The second-order valence-corrected chi connectivity index (χ2v) is 12.0. The van der Waals surface area contributed by atoms with Crippen LogP contribution in [0.3, 0.4) is 0 Å². The minimum atomic E-state index is -4.62. The Morgan fingerprint density at radius 1 is 0.981 bits per heavy atom. The molecule has 1 aliphatic rings. The van der Waals surface area contributed by atoms with E-state index >= 15 is 0 Å². The number of aliphatic hydroxyl groups is 3. The zero-order valence-electron chi connectivity index (χ0n) is 30.1. The van der Waals surface area contributed by atoms with Gasteiger partial charge in [-0.2, -0.15) is 13.2 Å². The first kappa shape index (κ1) is 43.5. The number of nitrogens with zero attached hydrogens (tertiary/aromatic N) is 4. The lowest BCUT2D eigenvalue weighted by Crippen LogP contribution is -2.57. The van der Waals surface area contributed by atoms with Gasteiger partial charge in [0.15, 0.2) is 0 Å². The summed E-state index contributed by atoms with van der Waals surface area (Å²) in [5.41, 5.74) is 0.885. The van der Waals surface area contributed by atoms with Gasteiger partial charge in [-0.15, -0.1) is 6.58 Å². The number of benzene rings is 2. The number of hydrogen-bond donors (Lipinski definition) is 4. The summed E-state index contributed by atoms with van der Waals surface area (Å²) in [6.07, 6.45) is 0.143. The first-order valence-corrected chi connectivity index (χ1v) is 16.7. The zero-order chi connectivity index (χ0) is 39.0.